The van der Waals surface area contributed by atoms with Crippen LogP contribution in [0.4, 0.5) is 0 Å². The molecule has 1 aromatic heterocycles. The van der Waals surface area contributed by atoms with E-state index in [4.69, 9.17) is 9.47 Å². The van der Waals surface area contributed by atoms with Gasteiger partial charge < -0.3 is 14.8 Å². The van der Waals surface area contributed by atoms with Gasteiger partial charge in [0, 0.05) is 12.6 Å². The van der Waals surface area contributed by atoms with Crippen LogP contribution in [0, 0.1) is 0 Å². The summed E-state index contributed by atoms with van der Waals surface area (Å²) in [6.07, 6.45) is 1.05. The van der Waals surface area contributed by atoms with Gasteiger partial charge in [-0.3, -0.25) is 0 Å². The van der Waals surface area contributed by atoms with Crippen LogP contribution in [0.2, 0.25) is 0 Å². The third kappa shape index (κ3) is 4.54. The van der Waals surface area contributed by atoms with Crippen LogP contribution >= 0.6 is 11.3 Å². The number of benzene rings is 1. The van der Waals surface area contributed by atoms with Gasteiger partial charge in [-0.15, -0.1) is 0 Å². The average Bonchev–Trinajstić information content (AvgIpc) is 2.97. The van der Waals surface area contributed by atoms with Gasteiger partial charge in [-0.25, -0.2) is 0 Å². The van der Waals surface area contributed by atoms with Crippen molar-refractivity contribution in [2.24, 2.45) is 0 Å². The maximum Gasteiger partial charge on any atom is 0.161 e. The first-order valence-electron chi connectivity index (χ1n) is 6.80. The standard InChI is InChI=1S/C16H21NO2S/c1-13(11-14-7-10-20-12-14)17-8-9-19-16-6-4-3-5-15(16)18-2/h3-7,10,12-13,17H,8-9,11H2,1-2H3. The molecule has 0 spiro atoms. The molecule has 1 unspecified atom stereocenters. The third-order valence-electron chi connectivity index (χ3n) is 3.04. The van der Waals surface area contributed by atoms with Crippen LogP contribution in [0.3, 0.4) is 0 Å². The zero-order valence-electron chi connectivity index (χ0n) is 12.0. The largest absolute Gasteiger partial charge is 0.493 e. The summed E-state index contributed by atoms with van der Waals surface area (Å²) < 4.78 is 11.0. The Labute approximate surface area is 124 Å². The van der Waals surface area contributed by atoms with Crippen LogP contribution in [-0.2, 0) is 6.42 Å². The van der Waals surface area contributed by atoms with E-state index >= 15 is 0 Å². The molecule has 0 aliphatic heterocycles. The van der Waals surface area contributed by atoms with E-state index < -0.39 is 0 Å². The molecule has 108 valence electrons. The van der Waals surface area contributed by atoms with Crippen molar-refractivity contribution in [3.05, 3.63) is 46.7 Å². The number of hydrogen-bond donors (Lipinski definition) is 1. The van der Waals surface area contributed by atoms with Gasteiger partial charge in [0.15, 0.2) is 11.5 Å². The molecule has 0 bridgehead atoms. The van der Waals surface area contributed by atoms with Crippen LogP contribution in [0.25, 0.3) is 0 Å². The van der Waals surface area contributed by atoms with Crippen molar-refractivity contribution in [2.45, 2.75) is 19.4 Å². The van der Waals surface area contributed by atoms with Gasteiger partial charge in [-0.1, -0.05) is 12.1 Å². The highest BCUT2D eigenvalue weighted by molar-refractivity contribution is 7.07. The number of methoxy groups -OCH3 is 1. The van der Waals surface area contributed by atoms with Crippen molar-refractivity contribution in [1.82, 2.24) is 5.32 Å². The lowest BCUT2D eigenvalue weighted by Crippen LogP contribution is -2.31. The van der Waals surface area contributed by atoms with E-state index in [-0.39, 0.29) is 0 Å². The molecule has 2 rings (SSSR count). The van der Waals surface area contributed by atoms with E-state index in [0.717, 1.165) is 24.5 Å². The minimum absolute atomic E-state index is 0.450. The van der Waals surface area contributed by atoms with Crippen LogP contribution in [-0.4, -0.2) is 26.3 Å². The Morgan fingerprint density at radius 1 is 1.20 bits per heavy atom. The summed E-state index contributed by atoms with van der Waals surface area (Å²) in [5.41, 5.74) is 1.39. The van der Waals surface area contributed by atoms with Gasteiger partial charge in [0.1, 0.15) is 6.61 Å². The Hall–Kier alpha value is -1.52. The van der Waals surface area contributed by atoms with Crippen molar-refractivity contribution in [3.63, 3.8) is 0 Å². The average molecular weight is 291 g/mol. The van der Waals surface area contributed by atoms with Crippen molar-refractivity contribution in [3.8, 4) is 11.5 Å². The maximum atomic E-state index is 5.73. The summed E-state index contributed by atoms with van der Waals surface area (Å²) in [6, 6.07) is 10.3. The van der Waals surface area contributed by atoms with Gasteiger partial charge in [-0.05, 0) is 47.9 Å². The SMILES string of the molecule is COc1ccccc1OCCNC(C)Cc1ccsc1. The summed E-state index contributed by atoms with van der Waals surface area (Å²) in [4.78, 5) is 0. The van der Waals surface area contributed by atoms with E-state index in [2.05, 4.69) is 29.1 Å². The Bertz CT molecular complexity index is 499. The molecule has 0 amide bonds. The molecule has 0 aliphatic rings. The van der Waals surface area contributed by atoms with E-state index in [1.165, 1.54) is 5.56 Å². The van der Waals surface area contributed by atoms with Crippen molar-refractivity contribution in [2.75, 3.05) is 20.3 Å². The van der Waals surface area contributed by atoms with Gasteiger partial charge in [0.2, 0.25) is 0 Å². The maximum absolute atomic E-state index is 5.73. The highest BCUT2D eigenvalue weighted by atomic mass is 32.1. The molecule has 0 saturated heterocycles. The molecule has 1 aromatic carbocycles. The molecule has 1 atom stereocenters. The number of rotatable bonds is 8. The normalized spacial score (nSPS) is 12.1. The Morgan fingerprint density at radius 3 is 2.70 bits per heavy atom. The fourth-order valence-electron chi connectivity index (χ4n) is 2.04. The van der Waals surface area contributed by atoms with Gasteiger partial charge >= 0.3 is 0 Å². The summed E-state index contributed by atoms with van der Waals surface area (Å²) in [5.74, 6) is 1.57. The fraction of sp³-hybridized carbons (Fsp3) is 0.375. The van der Waals surface area contributed by atoms with E-state index in [1.54, 1.807) is 18.4 Å². The lowest BCUT2D eigenvalue weighted by Gasteiger charge is -2.14. The highest BCUT2D eigenvalue weighted by Crippen LogP contribution is 2.25. The lowest BCUT2D eigenvalue weighted by molar-refractivity contribution is 0.287. The van der Waals surface area contributed by atoms with Crippen molar-refractivity contribution < 1.29 is 9.47 Å². The van der Waals surface area contributed by atoms with Crippen LogP contribution in [0.15, 0.2) is 41.1 Å². The second-order valence-electron chi connectivity index (χ2n) is 4.69. The smallest absolute Gasteiger partial charge is 0.161 e. The fourth-order valence-corrected chi connectivity index (χ4v) is 2.72. The summed E-state index contributed by atoms with van der Waals surface area (Å²) >= 11 is 1.74. The molecular formula is C16H21NO2S. The monoisotopic (exact) mass is 291 g/mol. The molecule has 4 heteroatoms. The molecule has 2 aromatic rings. The summed E-state index contributed by atoms with van der Waals surface area (Å²) in [6.45, 7) is 3.65. The predicted molar refractivity (Wildman–Crippen MR) is 84.0 cm³/mol. The number of ether oxygens (including phenoxy) is 2. The lowest BCUT2D eigenvalue weighted by atomic mass is 10.1. The Kier molecular flexibility index (Phi) is 5.89. The Balaban J connectivity index is 1.68. The molecule has 0 saturated carbocycles. The number of thiophene rings is 1. The van der Waals surface area contributed by atoms with Gasteiger partial charge in [0.05, 0.1) is 7.11 Å². The molecule has 0 radical (unpaired) electrons. The summed E-state index contributed by atoms with van der Waals surface area (Å²) in [5, 5.41) is 7.78. The molecule has 1 N–H and O–H groups in total. The minimum atomic E-state index is 0.450. The quantitative estimate of drug-likeness (QED) is 0.757. The van der Waals surface area contributed by atoms with E-state index in [9.17, 15) is 0 Å². The molecule has 0 fully saturated rings. The van der Waals surface area contributed by atoms with E-state index in [1.807, 2.05) is 24.3 Å². The first-order valence-corrected chi connectivity index (χ1v) is 7.74. The van der Waals surface area contributed by atoms with Crippen molar-refractivity contribution in [1.29, 1.82) is 0 Å². The second-order valence-corrected chi connectivity index (χ2v) is 5.47. The zero-order valence-corrected chi connectivity index (χ0v) is 12.8. The van der Waals surface area contributed by atoms with Gasteiger partial charge in [0.25, 0.3) is 0 Å². The van der Waals surface area contributed by atoms with Crippen molar-refractivity contribution >= 4 is 11.3 Å². The number of nitrogens with one attached hydrogen (secondary N) is 1. The topological polar surface area (TPSA) is 30.5 Å². The zero-order chi connectivity index (χ0) is 14.2. The second kappa shape index (κ2) is 7.92. The first kappa shape index (κ1) is 14.9. The van der Waals surface area contributed by atoms with E-state index in [0.29, 0.717) is 12.6 Å². The predicted octanol–water partition coefficient (Wildman–Crippen LogP) is 3.36. The first-order chi connectivity index (χ1) is 9.79. The van der Waals surface area contributed by atoms with Gasteiger partial charge in [-0.2, -0.15) is 11.3 Å². The molecule has 20 heavy (non-hydrogen) atoms. The van der Waals surface area contributed by atoms with Crippen LogP contribution < -0.4 is 14.8 Å². The third-order valence-corrected chi connectivity index (χ3v) is 3.78. The van der Waals surface area contributed by atoms with Crippen LogP contribution in [0.5, 0.6) is 11.5 Å². The molecule has 1 heterocycles. The Morgan fingerprint density at radius 2 is 2.00 bits per heavy atom. The number of para-hydroxylation sites is 2. The van der Waals surface area contributed by atoms with Crippen LogP contribution in [0.1, 0.15) is 12.5 Å². The molecule has 0 aliphatic carbocycles. The summed E-state index contributed by atoms with van der Waals surface area (Å²) in [7, 11) is 1.66. The number of hydrogen-bond acceptors (Lipinski definition) is 4. The minimum Gasteiger partial charge on any atom is -0.493 e. The molecular weight excluding hydrogens is 270 g/mol. The molecule has 3 nitrogen and oxygen atoms in total. The highest BCUT2D eigenvalue weighted by Gasteiger charge is 2.05.